The molecule has 0 aromatic carbocycles. The van der Waals surface area contributed by atoms with E-state index in [-0.39, 0.29) is 11.6 Å². The lowest BCUT2D eigenvalue weighted by molar-refractivity contribution is -0.119. The van der Waals surface area contributed by atoms with Crippen LogP contribution < -0.4 is 10.2 Å². The molecule has 3 saturated heterocycles. The molecule has 3 fully saturated rings. The van der Waals surface area contributed by atoms with E-state index in [4.69, 9.17) is 0 Å². The minimum atomic E-state index is -1.05. The fourth-order valence-corrected chi connectivity index (χ4v) is 5.24. The zero-order valence-electron chi connectivity index (χ0n) is 15.7. The van der Waals surface area contributed by atoms with E-state index in [2.05, 4.69) is 25.1 Å². The second-order valence-electron chi connectivity index (χ2n) is 8.03. The van der Waals surface area contributed by atoms with Gasteiger partial charge < -0.3 is 15.3 Å². The van der Waals surface area contributed by atoms with Crippen LogP contribution in [0.15, 0.2) is 12.4 Å². The predicted molar refractivity (Wildman–Crippen MR) is 99.6 cm³/mol. The van der Waals surface area contributed by atoms with E-state index in [1.165, 1.54) is 25.5 Å². The minimum absolute atomic E-state index is 0.0124. The molecule has 27 heavy (non-hydrogen) atoms. The van der Waals surface area contributed by atoms with Crippen molar-refractivity contribution in [2.75, 3.05) is 31.1 Å². The van der Waals surface area contributed by atoms with Crippen molar-refractivity contribution in [1.82, 2.24) is 20.2 Å². The molecule has 4 rings (SSSR count). The van der Waals surface area contributed by atoms with Crippen LogP contribution in [-0.2, 0) is 4.79 Å². The summed E-state index contributed by atoms with van der Waals surface area (Å²) in [7, 11) is 0. The summed E-state index contributed by atoms with van der Waals surface area (Å²) in [6, 6.07) is 0.862. The van der Waals surface area contributed by atoms with Crippen molar-refractivity contribution in [3.63, 3.8) is 0 Å². The monoisotopic (exact) mass is 373 g/mol. The van der Waals surface area contributed by atoms with Crippen molar-refractivity contribution in [3.05, 3.63) is 18.1 Å². The Labute approximate surface area is 159 Å². The number of hydrogen-bond acceptors (Lipinski definition) is 6. The number of nitrogens with one attached hydrogen (secondary N) is 1. The van der Waals surface area contributed by atoms with Gasteiger partial charge >= 0.3 is 5.97 Å². The lowest BCUT2D eigenvalue weighted by Crippen LogP contribution is -2.65. The summed E-state index contributed by atoms with van der Waals surface area (Å²) in [4.78, 5) is 36.0. The molecular formula is C19H27N5O3. The van der Waals surface area contributed by atoms with Crippen LogP contribution in [0.4, 0.5) is 5.82 Å². The van der Waals surface area contributed by atoms with Gasteiger partial charge in [0.15, 0.2) is 5.69 Å². The normalized spacial score (nSPS) is 30.5. The summed E-state index contributed by atoms with van der Waals surface area (Å²) in [6.45, 7) is 5.07. The van der Waals surface area contributed by atoms with Crippen molar-refractivity contribution in [3.8, 4) is 0 Å². The number of aromatic carboxylic acids is 1. The number of amides is 1. The molecule has 1 aromatic heterocycles. The maximum Gasteiger partial charge on any atom is 0.356 e. The largest absolute Gasteiger partial charge is 0.476 e. The number of carboxylic acids is 1. The van der Waals surface area contributed by atoms with Gasteiger partial charge in [0.25, 0.3) is 0 Å². The average molecular weight is 373 g/mol. The number of carbonyl (C=O) groups excluding carboxylic acids is 1. The first-order valence-corrected chi connectivity index (χ1v) is 9.83. The lowest BCUT2D eigenvalue weighted by atomic mass is 9.72. The van der Waals surface area contributed by atoms with Crippen molar-refractivity contribution < 1.29 is 14.7 Å². The third kappa shape index (κ3) is 3.63. The van der Waals surface area contributed by atoms with Crippen molar-refractivity contribution in [2.24, 2.45) is 11.8 Å². The highest BCUT2D eigenvalue weighted by Crippen LogP contribution is 2.41. The topological polar surface area (TPSA) is 98.7 Å². The molecule has 4 heterocycles. The third-order valence-corrected chi connectivity index (χ3v) is 6.35. The van der Waals surface area contributed by atoms with E-state index >= 15 is 0 Å². The van der Waals surface area contributed by atoms with Crippen LogP contribution in [0.2, 0.25) is 0 Å². The Hall–Kier alpha value is -2.22. The van der Waals surface area contributed by atoms with Crippen LogP contribution >= 0.6 is 0 Å². The first kappa shape index (κ1) is 18.2. The molecule has 0 saturated carbocycles. The van der Waals surface area contributed by atoms with Gasteiger partial charge in [-0.2, -0.15) is 0 Å². The van der Waals surface area contributed by atoms with Crippen LogP contribution in [0.1, 0.15) is 43.1 Å². The summed E-state index contributed by atoms with van der Waals surface area (Å²) >= 11 is 0. The first-order chi connectivity index (χ1) is 13.0. The van der Waals surface area contributed by atoms with E-state index in [0.29, 0.717) is 36.3 Å². The van der Waals surface area contributed by atoms with Gasteiger partial charge in [0.1, 0.15) is 5.82 Å². The van der Waals surface area contributed by atoms with Gasteiger partial charge in [0, 0.05) is 38.6 Å². The second kappa shape index (κ2) is 7.42. The van der Waals surface area contributed by atoms with E-state index < -0.39 is 5.97 Å². The molecule has 0 radical (unpaired) electrons. The zero-order valence-corrected chi connectivity index (χ0v) is 15.7. The zero-order chi connectivity index (χ0) is 19.0. The highest BCUT2D eigenvalue weighted by molar-refractivity contribution is 5.85. The Morgan fingerprint density at radius 2 is 2.07 bits per heavy atom. The molecule has 146 valence electrons. The van der Waals surface area contributed by atoms with E-state index in [1.807, 2.05) is 0 Å². The number of carbonyl (C=O) groups is 2. The summed E-state index contributed by atoms with van der Waals surface area (Å²) in [6.07, 6.45) is 7.79. The Balaban J connectivity index is 1.58. The lowest BCUT2D eigenvalue weighted by Gasteiger charge is -2.57. The Morgan fingerprint density at radius 3 is 2.85 bits per heavy atom. The molecule has 3 aliphatic heterocycles. The molecule has 8 nitrogen and oxygen atoms in total. The first-order valence-electron chi connectivity index (χ1n) is 9.83. The minimum Gasteiger partial charge on any atom is -0.476 e. The Morgan fingerprint density at radius 1 is 1.26 bits per heavy atom. The summed E-state index contributed by atoms with van der Waals surface area (Å²) in [5.41, 5.74) is -0.0164. The van der Waals surface area contributed by atoms with E-state index in [1.54, 1.807) is 13.1 Å². The number of aromatic nitrogens is 2. The molecule has 0 aliphatic carbocycles. The van der Waals surface area contributed by atoms with Gasteiger partial charge in [0.05, 0.1) is 12.4 Å². The summed E-state index contributed by atoms with van der Waals surface area (Å²) in [5, 5.41) is 12.2. The Kier molecular flexibility index (Phi) is 4.99. The van der Waals surface area contributed by atoms with Gasteiger partial charge in [-0.1, -0.05) is 6.42 Å². The fourth-order valence-electron chi connectivity index (χ4n) is 5.24. The predicted octanol–water partition coefficient (Wildman–Crippen LogP) is 0.990. The van der Waals surface area contributed by atoms with Gasteiger partial charge in [-0.3, -0.25) is 14.7 Å². The third-order valence-electron chi connectivity index (χ3n) is 6.35. The average Bonchev–Trinajstić information content (AvgIpc) is 2.67. The standard InChI is InChI=1S/C19H27N5O3/c1-12(25)21-8-17-14-6-13(16-4-2-3-5-24(16)17)10-23(11-14)18-9-20-7-15(22-18)19(26)27/h7,9,13-14,16-17H,2-6,8,10-11H2,1H3,(H,21,25)(H,26,27)/t13-,14+,16+,17+/m1/s1. The van der Waals surface area contributed by atoms with Gasteiger partial charge in [0.2, 0.25) is 5.91 Å². The van der Waals surface area contributed by atoms with Gasteiger partial charge in [-0.05, 0) is 37.6 Å². The molecule has 1 aromatic rings. The van der Waals surface area contributed by atoms with Gasteiger partial charge in [-0.25, -0.2) is 9.78 Å². The number of anilines is 1. The number of rotatable bonds is 4. The van der Waals surface area contributed by atoms with Crippen molar-refractivity contribution >= 4 is 17.7 Å². The van der Waals surface area contributed by atoms with Gasteiger partial charge in [-0.15, -0.1) is 0 Å². The molecule has 2 bridgehead atoms. The Bertz CT molecular complexity index is 727. The molecule has 3 aliphatic rings. The quantitative estimate of drug-likeness (QED) is 0.812. The smallest absolute Gasteiger partial charge is 0.356 e. The number of fused-ring (bicyclic) bond motifs is 4. The molecule has 1 amide bonds. The number of nitrogens with zero attached hydrogens (tertiary/aromatic N) is 4. The fraction of sp³-hybridized carbons (Fsp3) is 0.684. The van der Waals surface area contributed by atoms with Crippen LogP contribution in [0, 0.1) is 11.8 Å². The van der Waals surface area contributed by atoms with Crippen LogP contribution in [0.5, 0.6) is 0 Å². The molecular weight excluding hydrogens is 346 g/mol. The molecule has 0 unspecified atom stereocenters. The molecule has 8 heteroatoms. The number of piperidine rings is 3. The molecule has 4 atom stereocenters. The van der Waals surface area contributed by atoms with Crippen LogP contribution in [0.25, 0.3) is 0 Å². The van der Waals surface area contributed by atoms with Crippen molar-refractivity contribution in [2.45, 2.75) is 44.7 Å². The van der Waals surface area contributed by atoms with E-state index in [0.717, 1.165) is 26.1 Å². The highest BCUT2D eigenvalue weighted by Gasteiger charge is 2.47. The van der Waals surface area contributed by atoms with Crippen molar-refractivity contribution in [1.29, 1.82) is 0 Å². The summed E-state index contributed by atoms with van der Waals surface area (Å²) in [5.74, 6) is 0.585. The highest BCUT2D eigenvalue weighted by atomic mass is 16.4. The van der Waals surface area contributed by atoms with Crippen LogP contribution in [0.3, 0.4) is 0 Å². The van der Waals surface area contributed by atoms with E-state index in [9.17, 15) is 14.7 Å². The SMILES string of the molecule is CC(=O)NC[C@H]1[C@H]2C[C@H](CN(c3cncc(C(=O)O)n3)C2)[C@@H]2CCCCN21. The molecule has 0 spiro atoms. The maximum absolute atomic E-state index is 11.5. The number of hydrogen-bond donors (Lipinski definition) is 2. The second-order valence-corrected chi connectivity index (χ2v) is 8.03. The molecule has 2 N–H and O–H groups in total. The van der Waals surface area contributed by atoms with Crippen LogP contribution in [-0.4, -0.2) is 70.1 Å². The maximum atomic E-state index is 11.5. The summed E-state index contributed by atoms with van der Waals surface area (Å²) < 4.78 is 0. The number of carboxylic acid groups (broad SMARTS) is 1.